The topological polar surface area (TPSA) is 90.0 Å². The van der Waals surface area contributed by atoms with Crippen LogP contribution in [0.5, 0.6) is 0 Å². The van der Waals surface area contributed by atoms with Gasteiger partial charge in [0.1, 0.15) is 5.82 Å². The van der Waals surface area contributed by atoms with Crippen LogP contribution in [0.1, 0.15) is 16.8 Å². The summed E-state index contributed by atoms with van der Waals surface area (Å²) in [6.45, 7) is 1.91. The number of aryl methyl sites for hydroxylation is 1. The van der Waals surface area contributed by atoms with E-state index in [-0.39, 0.29) is 23.5 Å². The Hall–Kier alpha value is -1.77. The second-order valence-electron chi connectivity index (χ2n) is 4.66. The van der Waals surface area contributed by atoms with Gasteiger partial charge < -0.3 is 5.73 Å². The second kappa shape index (κ2) is 5.92. The second-order valence-corrected chi connectivity index (χ2v) is 6.43. The van der Waals surface area contributed by atoms with Crippen molar-refractivity contribution in [2.75, 3.05) is 0 Å². The van der Waals surface area contributed by atoms with Crippen LogP contribution in [0.15, 0.2) is 29.3 Å². The van der Waals surface area contributed by atoms with Gasteiger partial charge in [0.15, 0.2) is 0 Å². The van der Waals surface area contributed by atoms with E-state index in [0.29, 0.717) is 0 Å². The van der Waals surface area contributed by atoms with Crippen LogP contribution in [0.2, 0.25) is 0 Å². The van der Waals surface area contributed by atoms with Crippen molar-refractivity contribution in [3.05, 3.63) is 47.0 Å². The van der Waals surface area contributed by atoms with E-state index in [1.807, 2.05) is 6.92 Å². The van der Waals surface area contributed by atoms with E-state index >= 15 is 0 Å². The molecule has 8 heteroatoms. The first-order chi connectivity index (χ1) is 9.85. The highest BCUT2D eigenvalue weighted by atomic mass is 32.2. The highest BCUT2D eigenvalue weighted by molar-refractivity contribution is 7.89. The van der Waals surface area contributed by atoms with Crippen LogP contribution in [0.25, 0.3) is 0 Å². The fourth-order valence-electron chi connectivity index (χ4n) is 1.85. The van der Waals surface area contributed by atoms with Crippen molar-refractivity contribution >= 4 is 10.0 Å². The van der Waals surface area contributed by atoms with Gasteiger partial charge in [-0.15, -0.1) is 0 Å². The number of halogens is 1. The van der Waals surface area contributed by atoms with Crippen LogP contribution in [0.4, 0.5) is 4.39 Å². The predicted octanol–water partition coefficient (Wildman–Crippen LogP) is 0.805. The third-order valence-corrected chi connectivity index (χ3v) is 4.74. The number of nitrogens with zero attached hydrogens (tertiary/aromatic N) is 2. The number of nitrogens with two attached hydrogens (primary N) is 1. The highest BCUT2D eigenvalue weighted by Crippen LogP contribution is 2.15. The summed E-state index contributed by atoms with van der Waals surface area (Å²) in [7, 11) is -1.95. The van der Waals surface area contributed by atoms with Crippen molar-refractivity contribution in [1.82, 2.24) is 14.5 Å². The van der Waals surface area contributed by atoms with Gasteiger partial charge in [-0.3, -0.25) is 4.68 Å². The fourth-order valence-corrected chi connectivity index (χ4v) is 2.91. The summed E-state index contributed by atoms with van der Waals surface area (Å²) in [6, 6.07) is 3.56. The van der Waals surface area contributed by atoms with Crippen LogP contribution in [0.3, 0.4) is 0 Å². The third kappa shape index (κ3) is 3.29. The lowest BCUT2D eigenvalue weighted by Crippen LogP contribution is -2.23. The molecule has 1 aromatic heterocycles. The summed E-state index contributed by atoms with van der Waals surface area (Å²) in [5.74, 6) is -0.514. The molecule has 2 aromatic rings. The molecule has 0 spiro atoms. The Morgan fingerprint density at radius 2 is 2.10 bits per heavy atom. The Labute approximate surface area is 122 Å². The van der Waals surface area contributed by atoms with E-state index < -0.39 is 15.8 Å². The average molecular weight is 312 g/mol. The minimum Gasteiger partial charge on any atom is -0.326 e. The van der Waals surface area contributed by atoms with Gasteiger partial charge >= 0.3 is 0 Å². The maximum Gasteiger partial charge on any atom is 0.240 e. The molecule has 0 aliphatic rings. The van der Waals surface area contributed by atoms with Gasteiger partial charge in [-0.25, -0.2) is 17.5 Å². The molecule has 0 bridgehead atoms. The van der Waals surface area contributed by atoms with Crippen molar-refractivity contribution in [2.24, 2.45) is 12.8 Å². The molecule has 0 amide bonds. The highest BCUT2D eigenvalue weighted by Gasteiger charge is 2.16. The van der Waals surface area contributed by atoms with Gasteiger partial charge in [-0.2, -0.15) is 5.10 Å². The first-order valence-electron chi connectivity index (χ1n) is 6.31. The lowest BCUT2D eigenvalue weighted by molar-refractivity contribution is 0.579. The number of hydrogen-bond acceptors (Lipinski definition) is 4. The molecule has 3 N–H and O–H groups in total. The lowest BCUT2D eigenvalue weighted by atomic mass is 10.2. The minimum absolute atomic E-state index is 0.00843. The Bertz CT molecular complexity index is 756. The first kappa shape index (κ1) is 15.6. The van der Waals surface area contributed by atoms with Crippen molar-refractivity contribution in [3.8, 4) is 0 Å². The van der Waals surface area contributed by atoms with E-state index in [0.717, 1.165) is 17.3 Å². The van der Waals surface area contributed by atoms with E-state index in [2.05, 4.69) is 9.82 Å². The summed E-state index contributed by atoms with van der Waals surface area (Å²) in [5, 5.41) is 4.04. The van der Waals surface area contributed by atoms with E-state index in [4.69, 9.17) is 5.73 Å². The smallest absolute Gasteiger partial charge is 0.240 e. The molecule has 1 heterocycles. The van der Waals surface area contributed by atoms with Gasteiger partial charge in [0.05, 0.1) is 11.1 Å². The number of hydrogen-bond donors (Lipinski definition) is 2. The molecular formula is C13H17FN4O2S. The van der Waals surface area contributed by atoms with Crippen LogP contribution in [-0.4, -0.2) is 18.2 Å². The molecule has 21 heavy (non-hydrogen) atoms. The van der Waals surface area contributed by atoms with Crippen LogP contribution < -0.4 is 10.5 Å². The molecule has 6 nitrogen and oxygen atoms in total. The molecule has 0 aliphatic carbocycles. The lowest BCUT2D eigenvalue weighted by Gasteiger charge is -2.08. The molecular weight excluding hydrogens is 295 g/mol. The molecule has 0 fully saturated rings. The molecule has 0 atom stereocenters. The molecule has 0 aliphatic heterocycles. The van der Waals surface area contributed by atoms with Crippen LogP contribution >= 0.6 is 0 Å². The minimum atomic E-state index is -3.72. The SMILES string of the molecule is Cc1c(CNS(=O)(=O)c2ccc(F)c(CN)c2)cnn1C. The summed E-state index contributed by atoms with van der Waals surface area (Å²) < 4.78 is 41.9. The van der Waals surface area contributed by atoms with Crippen molar-refractivity contribution in [1.29, 1.82) is 0 Å². The molecule has 0 saturated heterocycles. The zero-order valence-electron chi connectivity index (χ0n) is 11.8. The normalized spacial score (nSPS) is 11.8. The standard InChI is InChI=1S/C13H17FN4O2S/c1-9-11(7-16-18(9)2)8-17-21(19,20)12-3-4-13(14)10(5-12)6-15/h3-5,7,17H,6,8,15H2,1-2H3. The summed E-state index contributed by atoms with van der Waals surface area (Å²) in [5.41, 5.74) is 7.20. The quantitative estimate of drug-likeness (QED) is 0.854. The number of aromatic nitrogens is 2. The third-order valence-electron chi connectivity index (χ3n) is 3.34. The van der Waals surface area contributed by atoms with E-state index in [1.54, 1.807) is 17.9 Å². The maximum absolute atomic E-state index is 13.4. The largest absolute Gasteiger partial charge is 0.326 e. The van der Waals surface area contributed by atoms with E-state index in [1.165, 1.54) is 12.1 Å². The molecule has 1 aromatic carbocycles. The van der Waals surface area contributed by atoms with Gasteiger partial charge in [0, 0.05) is 37.0 Å². The van der Waals surface area contributed by atoms with Gasteiger partial charge in [0.25, 0.3) is 0 Å². The number of rotatable bonds is 5. The molecule has 0 radical (unpaired) electrons. The Balaban J connectivity index is 2.20. The Morgan fingerprint density at radius 3 is 2.67 bits per heavy atom. The first-order valence-corrected chi connectivity index (χ1v) is 7.79. The van der Waals surface area contributed by atoms with Crippen LogP contribution in [0, 0.1) is 12.7 Å². The zero-order chi connectivity index (χ0) is 15.6. The summed E-state index contributed by atoms with van der Waals surface area (Å²) >= 11 is 0. The van der Waals surface area contributed by atoms with Gasteiger partial charge in [-0.05, 0) is 25.1 Å². The van der Waals surface area contributed by atoms with Crippen LogP contribution in [-0.2, 0) is 30.2 Å². The zero-order valence-corrected chi connectivity index (χ0v) is 12.6. The molecule has 0 saturated carbocycles. The number of benzene rings is 1. The summed E-state index contributed by atoms with van der Waals surface area (Å²) in [6.07, 6.45) is 1.60. The molecule has 114 valence electrons. The number of nitrogens with one attached hydrogen (secondary N) is 1. The van der Waals surface area contributed by atoms with Gasteiger partial charge in [-0.1, -0.05) is 0 Å². The fraction of sp³-hybridized carbons (Fsp3) is 0.308. The Kier molecular flexibility index (Phi) is 4.40. The van der Waals surface area contributed by atoms with Gasteiger partial charge in [0.2, 0.25) is 10.0 Å². The summed E-state index contributed by atoms with van der Waals surface area (Å²) in [4.78, 5) is -0.00843. The number of sulfonamides is 1. The predicted molar refractivity (Wildman–Crippen MR) is 76.3 cm³/mol. The van der Waals surface area contributed by atoms with Crippen molar-refractivity contribution in [2.45, 2.75) is 24.9 Å². The Morgan fingerprint density at radius 1 is 1.38 bits per heavy atom. The molecule has 0 unspecified atom stereocenters. The van der Waals surface area contributed by atoms with Crippen molar-refractivity contribution in [3.63, 3.8) is 0 Å². The monoisotopic (exact) mass is 312 g/mol. The van der Waals surface area contributed by atoms with E-state index in [9.17, 15) is 12.8 Å². The molecule has 2 rings (SSSR count). The van der Waals surface area contributed by atoms with Crippen molar-refractivity contribution < 1.29 is 12.8 Å². The maximum atomic E-state index is 13.4. The average Bonchev–Trinajstić information content (AvgIpc) is 2.77.